The highest BCUT2D eigenvalue weighted by atomic mass is 32.1. The molecule has 4 nitrogen and oxygen atoms in total. The summed E-state index contributed by atoms with van der Waals surface area (Å²) in [6, 6.07) is 4.79. The van der Waals surface area contributed by atoms with E-state index in [4.69, 9.17) is 4.74 Å². The van der Waals surface area contributed by atoms with Crippen molar-refractivity contribution in [1.29, 1.82) is 0 Å². The van der Waals surface area contributed by atoms with Crippen LogP contribution in [0.1, 0.15) is 27.9 Å². The summed E-state index contributed by atoms with van der Waals surface area (Å²) < 4.78 is 18.4. The Morgan fingerprint density at radius 1 is 1.52 bits per heavy atom. The average molecular weight is 306 g/mol. The third-order valence-corrected chi connectivity index (χ3v) is 4.42. The van der Waals surface area contributed by atoms with E-state index in [1.807, 2.05) is 11.8 Å². The average Bonchev–Trinajstić information content (AvgIpc) is 3.02. The summed E-state index contributed by atoms with van der Waals surface area (Å²) in [6.45, 7) is 4.67. The van der Waals surface area contributed by atoms with E-state index < -0.39 is 5.97 Å². The van der Waals surface area contributed by atoms with Gasteiger partial charge in [-0.3, -0.25) is 0 Å². The molecular formula is C15H15FN2O2S. The van der Waals surface area contributed by atoms with Crippen molar-refractivity contribution < 1.29 is 13.9 Å². The minimum Gasteiger partial charge on any atom is -0.461 e. The van der Waals surface area contributed by atoms with E-state index in [0.29, 0.717) is 17.4 Å². The van der Waals surface area contributed by atoms with E-state index >= 15 is 0 Å². The molecule has 3 rings (SSSR count). The first-order valence-electron chi connectivity index (χ1n) is 6.80. The highest BCUT2D eigenvalue weighted by molar-refractivity contribution is 7.15. The summed E-state index contributed by atoms with van der Waals surface area (Å²) >= 11 is 1.43. The van der Waals surface area contributed by atoms with Crippen molar-refractivity contribution >= 4 is 28.1 Å². The van der Waals surface area contributed by atoms with Gasteiger partial charge in [0.2, 0.25) is 0 Å². The quantitative estimate of drug-likeness (QED) is 0.814. The molecule has 110 valence electrons. The lowest BCUT2D eigenvalue weighted by atomic mass is 10.2. The second kappa shape index (κ2) is 5.44. The minimum absolute atomic E-state index is 0.264. The number of esters is 1. The number of aryl methyl sites for hydroxylation is 1. The molecule has 0 radical (unpaired) electrons. The molecule has 0 amide bonds. The Kier molecular flexibility index (Phi) is 3.63. The first-order valence-corrected chi connectivity index (χ1v) is 7.62. The Morgan fingerprint density at radius 3 is 3.10 bits per heavy atom. The van der Waals surface area contributed by atoms with Crippen LogP contribution in [0.2, 0.25) is 0 Å². The Labute approximate surface area is 126 Å². The Balaban J connectivity index is 1.95. The van der Waals surface area contributed by atoms with Gasteiger partial charge >= 0.3 is 5.97 Å². The van der Waals surface area contributed by atoms with Gasteiger partial charge in [-0.1, -0.05) is 6.07 Å². The molecular weight excluding hydrogens is 291 g/mol. The van der Waals surface area contributed by atoms with Gasteiger partial charge < -0.3 is 9.64 Å². The summed E-state index contributed by atoms with van der Waals surface area (Å²) in [4.78, 5) is 19.0. The van der Waals surface area contributed by atoms with Crippen LogP contribution < -0.4 is 4.90 Å². The van der Waals surface area contributed by atoms with E-state index in [0.717, 1.165) is 29.1 Å². The van der Waals surface area contributed by atoms with Gasteiger partial charge in [-0.25, -0.2) is 14.2 Å². The summed E-state index contributed by atoms with van der Waals surface area (Å²) in [5.74, 6) is -0.671. The second-order valence-electron chi connectivity index (χ2n) is 4.80. The summed E-state index contributed by atoms with van der Waals surface area (Å²) in [7, 11) is 0. The second-order valence-corrected chi connectivity index (χ2v) is 5.98. The Morgan fingerprint density at radius 2 is 2.33 bits per heavy atom. The highest BCUT2D eigenvalue weighted by Gasteiger charge is 2.26. The smallest absolute Gasteiger partial charge is 0.358 e. The molecule has 1 aromatic heterocycles. The summed E-state index contributed by atoms with van der Waals surface area (Å²) in [6.07, 6.45) is 0.850. The van der Waals surface area contributed by atoms with Crippen molar-refractivity contribution in [3.63, 3.8) is 0 Å². The van der Waals surface area contributed by atoms with Crippen molar-refractivity contribution in [3.8, 4) is 0 Å². The van der Waals surface area contributed by atoms with Crippen LogP contribution in [0.3, 0.4) is 0 Å². The number of ether oxygens (including phenoxy) is 1. The fraction of sp³-hybridized carbons (Fsp3) is 0.333. The maximum Gasteiger partial charge on any atom is 0.358 e. The SMILES string of the molecule is CCOC(=O)c1nc(N2CCc3ccc(F)cc32)sc1C. The fourth-order valence-electron chi connectivity index (χ4n) is 2.44. The molecule has 0 unspecified atom stereocenters. The number of aromatic nitrogens is 1. The first kappa shape index (κ1) is 14.0. The monoisotopic (exact) mass is 306 g/mol. The van der Waals surface area contributed by atoms with Crippen molar-refractivity contribution in [2.24, 2.45) is 0 Å². The van der Waals surface area contributed by atoms with Crippen molar-refractivity contribution in [2.45, 2.75) is 20.3 Å². The number of anilines is 2. The van der Waals surface area contributed by atoms with Crippen LogP contribution >= 0.6 is 11.3 Å². The zero-order valence-electron chi connectivity index (χ0n) is 11.9. The number of thiazole rings is 1. The Hall–Kier alpha value is -1.95. The first-order chi connectivity index (χ1) is 10.1. The van der Waals surface area contributed by atoms with E-state index in [1.54, 1.807) is 13.0 Å². The number of hydrogen-bond donors (Lipinski definition) is 0. The van der Waals surface area contributed by atoms with Crippen LogP contribution in [0.15, 0.2) is 18.2 Å². The molecule has 0 atom stereocenters. The van der Waals surface area contributed by atoms with Gasteiger partial charge in [-0.15, -0.1) is 11.3 Å². The lowest BCUT2D eigenvalue weighted by Gasteiger charge is -2.15. The maximum absolute atomic E-state index is 13.4. The molecule has 0 saturated heterocycles. The zero-order chi connectivity index (χ0) is 15.0. The molecule has 2 heterocycles. The zero-order valence-corrected chi connectivity index (χ0v) is 12.7. The van der Waals surface area contributed by atoms with Crippen molar-refractivity contribution in [3.05, 3.63) is 40.2 Å². The molecule has 6 heteroatoms. The third-order valence-electron chi connectivity index (χ3n) is 3.43. The molecule has 1 aromatic carbocycles. The minimum atomic E-state index is -0.406. The maximum atomic E-state index is 13.4. The van der Waals surface area contributed by atoms with Gasteiger partial charge in [0.1, 0.15) is 5.82 Å². The van der Waals surface area contributed by atoms with E-state index in [9.17, 15) is 9.18 Å². The molecule has 1 aliphatic rings. The number of halogens is 1. The largest absolute Gasteiger partial charge is 0.461 e. The number of hydrogen-bond acceptors (Lipinski definition) is 5. The standard InChI is InChI=1S/C15H15FN2O2S/c1-3-20-14(19)13-9(2)21-15(17-13)18-7-6-10-4-5-11(16)8-12(10)18/h4-5,8H,3,6-7H2,1-2H3. The van der Waals surface area contributed by atoms with Crippen LogP contribution in [-0.4, -0.2) is 24.1 Å². The molecule has 0 spiro atoms. The number of benzene rings is 1. The Bertz CT molecular complexity index is 699. The number of carbonyl (C=O) groups is 1. The lowest BCUT2D eigenvalue weighted by molar-refractivity contribution is 0.0519. The van der Waals surface area contributed by atoms with Crippen LogP contribution in [0.4, 0.5) is 15.2 Å². The molecule has 0 saturated carbocycles. The topological polar surface area (TPSA) is 42.4 Å². The van der Waals surface area contributed by atoms with Gasteiger partial charge in [0.05, 0.1) is 6.61 Å². The van der Waals surface area contributed by atoms with Crippen molar-refractivity contribution in [2.75, 3.05) is 18.1 Å². The molecule has 2 aromatic rings. The van der Waals surface area contributed by atoms with Crippen LogP contribution in [0, 0.1) is 12.7 Å². The van der Waals surface area contributed by atoms with Gasteiger partial charge in [-0.2, -0.15) is 0 Å². The van der Waals surface area contributed by atoms with E-state index in [2.05, 4.69) is 4.98 Å². The van der Waals surface area contributed by atoms with Crippen molar-refractivity contribution in [1.82, 2.24) is 4.98 Å². The number of fused-ring (bicyclic) bond motifs is 1. The highest BCUT2D eigenvalue weighted by Crippen LogP contribution is 2.38. The normalized spacial score (nSPS) is 13.4. The van der Waals surface area contributed by atoms with Gasteiger partial charge in [-0.05, 0) is 38.0 Å². The van der Waals surface area contributed by atoms with Crippen LogP contribution in [-0.2, 0) is 11.2 Å². The predicted molar refractivity (Wildman–Crippen MR) is 79.9 cm³/mol. The molecule has 0 aliphatic carbocycles. The number of nitrogens with zero attached hydrogens (tertiary/aromatic N) is 2. The number of rotatable bonds is 3. The summed E-state index contributed by atoms with van der Waals surface area (Å²) in [5.41, 5.74) is 2.28. The van der Waals surface area contributed by atoms with Crippen LogP contribution in [0.25, 0.3) is 0 Å². The van der Waals surface area contributed by atoms with Gasteiger partial charge in [0.25, 0.3) is 0 Å². The van der Waals surface area contributed by atoms with E-state index in [1.165, 1.54) is 23.5 Å². The molecule has 21 heavy (non-hydrogen) atoms. The van der Waals surface area contributed by atoms with Gasteiger partial charge in [0, 0.05) is 17.1 Å². The van der Waals surface area contributed by atoms with Crippen LogP contribution in [0.5, 0.6) is 0 Å². The molecule has 0 N–H and O–H groups in total. The third kappa shape index (κ3) is 2.51. The van der Waals surface area contributed by atoms with Gasteiger partial charge in [0.15, 0.2) is 10.8 Å². The summed E-state index contributed by atoms with van der Waals surface area (Å²) in [5, 5.41) is 0.708. The molecule has 0 bridgehead atoms. The number of carbonyl (C=O) groups excluding carboxylic acids is 1. The molecule has 1 aliphatic heterocycles. The fourth-order valence-corrected chi connectivity index (χ4v) is 3.37. The van der Waals surface area contributed by atoms with E-state index in [-0.39, 0.29) is 5.82 Å². The predicted octanol–water partition coefficient (Wildman–Crippen LogP) is 3.46. The lowest BCUT2D eigenvalue weighted by Crippen LogP contribution is -2.14. The molecule has 0 fully saturated rings.